The van der Waals surface area contributed by atoms with Gasteiger partial charge < -0.3 is 15.7 Å². The summed E-state index contributed by atoms with van der Waals surface area (Å²) < 4.78 is 0. The van der Waals surface area contributed by atoms with Gasteiger partial charge in [-0.1, -0.05) is 0 Å². The van der Waals surface area contributed by atoms with E-state index in [1.807, 2.05) is 19.2 Å². The van der Waals surface area contributed by atoms with Crippen molar-refractivity contribution in [3.8, 4) is 0 Å². The molecule has 1 aliphatic heterocycles. The van der Waals surface area contributed by atoms with E-state index in [-0.39, 0.29) is 0 Å². The van der Waals surface area contributed by atoms with Crippen molar-refractivity contribution in [1.82, 2.24) is 4.98 Å². The van der Waals surface area contributed by atoms with Crippen LogP contribution in [0.25, 0.3) is 0 Å². The Balaban J connectivity index is 2.37. The maximum atomic E-state index is 9.35. The Morgan fingerprint density at radius 3 is 2.74 bits per heavy atom. The van der Waals surface area contributed by atoms with Crippen LogP contribution in [-0.4, -0.2) is 35.2 Å². The van der Waals surface area contributed by atoms with E-state index in [2.05, 4.69) is 14.9 Å². The van der Waals surface area contributed by atoms with Crippen molar-refractivity contribution in [2.75, 3.05) is 18.0 Å². The number of aliphatic hydroxyl groups excluding tert-OH is 1. The third kappa shape index (κ3) is 3.44. The Morgan fingerprint density at radius 1 is 1.42 bits per heavy atom. The molecule has 0 aromatic carbocycles. The number of aliphatic hydroxyl groups is 1. The molecule has 0 spiro atoms. The van der Waals surface area contributed by atoms with E-state index in [1.54, 1.807) is 6.92 Å². The maximum absolute atomic E-state index is 9.35. The minimum atomic E-state index is -0.797. The number of anilines is 1. The van der Waals surface area contributed by atoms with Gasteiger partial charge in [0.15, 0.2) is 0 Å². The quantitative estimate of drug-likeness (QED) is 0.638. The van der Waals surface area contributed by atoms with Gasteiger partial charge >= 0.3 is 0 Å². The standard InChI is InChI=1S/C14H22N4O/c1-10-8-12(13(15)17-11(2)19)14(16-9-10)18-6-4-3-5-7-18/h8-9,11,19H,3-7H2,1-2H3,(H2,15,17). The van der Waals surface area contributed by atoms with Crippen LogP contribution < -0.4 is 10.6 Å². The highest BCUT2D eigenvalue weighted by molar-refractivity contribution is 6.02. The van der Waals surface area contributed by atoms with Crippen molar-refractivity contribution in [2.45, 2.75) is 39.3 Å². The average Bonchev–Trinajstić information content (AvgIpc) is 2.39. The minimum Gasteiger partial charge on any atom is -0.383 e. The Labute approximate surface area is 114 Å². The number of amidine groups is 1. The van der Waals surface area contributed by atoms with Gasteiger partial charge in [-0.15, -0.1) is 0 Å². The van der Waals surface area contributed by atoms with Crippen LogP contribution in [0.5, 0.6) is 0 Å². The molecule has 0 aliphatic carbocycles. The summed E-state index contributed by atoms with van der Waals surface area (Å²) in [6, 6.07) is 1.98. The second-order valence-corrected chi connectivity index (χ2v) is 5.08. The molecule has 1 atom stereocenters. The molecule has 0 bridgehead atoms. The molecule has 2 heterocycles. The van der Waals surface area contributed by atoms with E-state index in [0.717, 1.165) is 30.0 Å². The number of piperidine rings is 1. The number of hydrogen-bond acceptors (Lipinski definition) is 4. The zero-order valence-electron chi connectivity index (χ0n) is 11.6. The summed E-state index contributed by atoms with van der Waals surface area (Å²) >= 11 is 0. The molecule has 0 radical (unpaired) electrons. The van der Waals surface area contributed by atoms with Gasteiger partial charge in [-0.3, -0.25) is 0 Å². The number of nitrogens with two attached hydrogens (primary N) is 1. The summed E-state index contributed by atoms with van der Waals surface area (Å²) in [5.41, 5.74) is 7.86. The van der Waals surface area contributed by atoms with Gasteiger partial charge in [0.2, 0.25) is 0 Å². The Hall–Kier alpha value is -1.62. The lowest BCUT2D eigenvalue weighted by Gasteiger charge is -2.29. The molecule has 0 saturated carbocycles. The molecule has 104 valence electrons. The first-order valence-corrected chi connectivity index (χ1v) is 6.81. The normalized spacial score (nSPS) is 18.5. The van der Waals surface area contributed by atoms with Gasteiger partial charge in [0.1, 0.15) is 17.9 Å². The monoisotopic (exact) mass is 262 g/mol. The summed E-state index contributed by atoms with van der Waals surface area (Å²) in [4.78, 5) is 10.8. The third-order valence-corrected chi connectivity index (χ3v) is 3.26. The SMILES string of the molecule is Cc1cnc(N2CCCCC2)c(C(N)=NC(C)O)c1. The summed E-state index contributed by atoms with van der Waals surface area (Å²) in [6.45, 7) is 5.58. The molecule has 1 aromatic heterocycles. The molecule has 5 nitrogen and oxygen atoms in total. The molecule has 19 heavy (non-hydrogen) atoms. The predicted molar refractivity (Wildman–Crippen MR) is 77.4 cm³/mol. The predicted octanol–water partition coefficient (Wildman–Crippen LogP) is 1.42. The molecule has 1 aromatic rings. The molecular formula is C14H22N4O. The molecule has 1 fully saturated rings. The van der Waals surface area contributed by atoms with Gasteiger partial charge in [-0.05, 0) is 44.7 Å². The van der Waals surface area contributed by atoms with E-state index in [1.165, 1.54) is 19.3 Å². The smallest absolute Gasteiger partial charge is 0.144 e. The van der Waals surface area contributed by atoms with Crippen molar-refractivity contribution in [2.24, 2.45) is 10.7 Å². The lowest BCUT2D eigenvalue weighted by molar-refractivity contribution is 0.205. The molecular weight excluding hydrogens is 240 g/mol. The number of hydrogen-bond donors (Lipinski definition) is 2. The van der Waals surface area contributed by atoms with Crippen LogP contribution in [0.4, 0.5) is 5.82 Å². The number of aliphatic imine (C=N–C) groups is 1. The van der Waals surface area contributed by atoms with Crippen LogP contribution >= 0.6 is 0 Å². The fraction of sp³-hybridized carbons (Fsp3) is 0.571. The summed E-state index contributed by atoms with van der Waals surface area (Å²) in [5, 5.41) is 9.35. The van der Waals surface area contributed by atoms with E-state index in [0.29, 0.717) is 5.84 Å². The molecule has 1 saturated heterocycles. The van der Waals surface area contributed by atoms with Crippen molar-refractivity contribution in [3.05, 3.63) is 23.4 Å². The first-order chi connectivity index (χ1) is 9.08. The fourth-order valence-electron chi connectivity index (χ4n) is 2.38. The van der Waals surface area contributed by atoms with Crippen LogP contribution in [-0.2, 0) is 0 Å². The zero-order chi connectivity index (χ0) is 13.8. The second kappa shape index (κ2) is 6.02. The number of pyridine rings is 1. The van der Waals surface area contributed by atoms with Crippen molar-refractivity contribution >= 4 is 11.7 Å². The third-order valence-electron chi connectivity index (χ3n) is 3.26. The first-order valence-electron chi connectivity index (χ1n) is 6.81. The molecule has 1 aliphatic rings. The van der Waals surface area contributed by atoms with Crippen molar-refractivity contribution in [1.29, 1.82) is 0 Å². The summed E-state index contributed by atoms with van der Waals surface area (Å²) in [5.74, 6) is 1.24. The highest BCUT2D eigenvalue weighted by Crippen LogP contribution is 2.22. The van der Waals surface area contributed by atoms with E-state index >= 15 is 0 Å². The lowest BCUT2D eigenvalue weighted by atomic mass is 10.1. The minimum absolute atomic E-state index is 0.353. The van der Waals surface area contributed by atoms with Crippen LogP contribution in [0.3, 0.4) is 0 Å². The largest absolute Gasteiger partial charge is 0.383 e. The van der Waals surface area contributed by atoms with Crippen LogP contribution in [0.2, 0.25) is 0 Å². The van der Waals surface area contributed by atoms with Crippen LogP contribution in [0, 0.1) is 6.92 Å². The van der Waals surface area contributed by atoms with Crippen LogP contribution in [0.15, 0.2) is 17.3 Å². The molecule has 3 N–H and O–H groups in total. The molecule has 0 amide bonds. The van der Waals surface area contributed by atoms with E-state index in [9.17, 15) is 5.11 Å². The van der Waals surface area contributed by atoms with Gasteiger partial charge in [0, 0.05) is 19.3 Å². The molecule has 2 rings (SSSR count). The highest BCUT2D eigenvalue weighted by atomic mass is 16.3. The zero-order valence-corrected chi connectivity index (χ0v) is 11.6. The topological polar surface area (TPSA) is 74.7 Å². The van der Waals surface area contributed by atoms with E-state index in [4.69, 9.17) is 5.73 Å². The van der Waals surface area contributed by atoms with Crippen molar-refractivity contribution in [3.63, 3.8) is 0 Å². The number of aryl methyl sites for hydroxylation is 1. The molecule has 1 unspecified atom stereocenters. The Kier molecular flexibility index (Phi) is 4.37. The molecule has 5 heteroatoms. The highest BCUT2D eigenvalue weighted by Gasteiger charge is 2.18. The Morgan fingerprint density at radius 2 is 2.11 bits per heavy atom. The first kappa shape index (κ1) is 13.8. The maximum Gasteiger partial charge on any atom is 0.144 e. The Bertz CT molecular complexity index is 465. The van der Waals surface area contributed by atoms with Crippen molar-refractivity contribution < 1.29 is 5.11 Å². The van der Waals surface area contributed by atoms with Gasteiger partial charge in [-0.2, -0.15) is 0 Å². The van der Waals surface area contributed by atoms with E-state index < -0.39 is 6.23 Å². The summed E-state index contributed by atoms with van der Waals surface area (Å²) in [6.07, 6.45) is 4.69. The summed E-state index contributed by atoms with van der Waals surface area (Å²) in [7, 11) is 0. The second-order valence-electron chi connectivity index (χ2n) is 5.08. The number of rotatable bonds is 3. The van der Waals surface area contributed by atoms with Gasteiger partial charge in [-0.25, -0.2) is 9.98 Å². The average molecular weight is 262 g/mol. The fourth-order valence-corrected chi connectivity index (χ4v) is 2.38. The van der Waals surface area contributed by atoms with Crippen LogP contribution in [0.1, 0.15) is 37.3 Å². The van der Waals surface area contributed by atoms with Gasteiger partial charge in [0.05, 0.1) is 5.56 Å². The van der Waals surface area contributed by atoms with Gasteiger partial charge in [0.25, 0.3) is 0 Å². The number of aromatic nitrogens is 1. The lowest BCUT2D eigenvalue weighted by Crippen LogP contribution is -2.32. The number of nitrogens with zero attached hydrogens (tertiary/aromatic N) is 3.